The minimum atomic E-state index is 0.384. The zero-order valence-corrected chi connectivity index (χ0v) is 14.6. The molecule has 24 heavy (non-hydrogen) atoms. The number of hydrogen-bond acceptors (Lipinski definition) is 3. The SMILES string of the molecule is COc1cc2c(cc1OC)C1CCCCC1N=C2c1cccn1C. The van der Waals surface area contributed by atoms with Crippen molar-refractivity contribution in [2.24, 2.45) is 12.0 Å². The molecule has 2 heterocycles. The lowest BCUT2D eigenvalue weighted by Gasteiger charge is -2.35. The van der Waals surface area contributed by atoms with Crippen molar-refractivity contribution in [1.29, 1.82) is 0 Å². The average Bonchev–Trinajstić information content (AvgIpc) is 3.05. The summed E-state index contributed by atoms with van der Waals surface area (Å²) in [6.45, 7) is 0. The van der Waals surface area contributed by atoms with E-state index in [0.717, 1.165) is 22.9 Å². The standard InChI is InChI=1S/C20H24N2O2/c1-22-10-6-9-17(22)20-15-12-19(24-3)18(23-2)11-14(15)13-7-4-5-8-16(13)21-20/h6,9-13,16H,4-5,7-8H2,1-3H3. The second-order valence-electron chi connectivity index (χ2n) is 6.73. The predicted molar refractivity (Wildman–Crippen MR) is 95.6 cm³/mol. The van der Waals surface area contributed by atoms with Crippen molar-refractivity contribution in [2.75, 3.05) is 14.2 Å². The molecule has 1 fully saturated rings. The first-order chi connectivity index (χ1) is 11.7. The number of rotatable bonds is 3. The Balaban J connectivity index is 1.93. The fourth-order valence-corrected chi connectivity index (χ4v) is 4.18. The number of hydrogen-bond donors (Lipinski definition) is 0. The highest BCUT2D eigenvalue weighted by Gasteiger charge is 2.35. The number of aliphatic imine (C=N–C) groups is 1. The molecule has 2 aromatic rings. The van der Waals surface area contributed by atoms with E-state index in [-0.39, 0.29) is 0 Å². The van der Waals surface area contributed by atoms with Gasteiger partial charge in [0.05, 0.1) is 31.7 Å². The van der Waals surface area contributed by atoms with Crippen LogP contribution in [0.2, 0.25) is 0 Å². The van der Waals surface area contributed by atoms with Gasteiger partial charge in [0.1, 0.15) is 0 Å². The van der Waals surface area contributed by atoms with Gasteiger partial charge in [0.2, 0.25) is 0 Å². The molecule has 1 aromatic heterocycles. The van der Waals surface area contributed by atoms with Gasteiger partial charge in [0, 0.05) is 24.7 Å². The second-order valence-corrected chi connectivity index (χ2v) is 6.73. The molecule has 1 aliphatic carbocycles. The Labute approximate surface area is 143 Å². The normalized spacial score (nSPS) is 22.4. The highest BCUT2D eigenvalue weighted by Crippen LogP contribution is 2.44. The van der Waals surface area contributed by atoms with Crippen LogP contribution in [-0.2, 0) is 7.05 Å². The third-order valence-electron chi connectivity index (χ3n) is 5.42. The van der Waals surface area contributed by atoms with E-state index < -0.39 is 0 Å². The molecule has 2 atom stereocenters. The van der Waals surface area contributed by atoms with Gasteiger partial charge in [-0.05, 0) is 42.7 Å². The van der Waals surface area contributed by atoms with Gasteiger partial charge in [-0.3, -0.25) is 4.99 Å². The highest BCUT2D eigenvalue weighted by atomic mass is 16.5. The molecule has 0 N–H and O–H groups in total. The number of fused-ring (bicyclic) bond motifs is 3. The second kappa shape index (κ2) is 6.00. The van der Waals surface area contributed by atoms with Crippen molar-refractivity contribution in [3.63, 3.8) is 0 Å². The summed E-state index contributed by atoms with van der Waals surface area (Å²) in [5.74, 6) is 2.08. The first-order valence-electron chi connectivity index (χ1n) is 8.68. The molecule has 4 rings (SSSR count). The van der Waals surface area contributed by atoms with Gasteiger partial charge in [-0.1, -0.05) is 12.8 Å². The third-order valence-corrected chi connectivity index (χ3v) is 5.42. The van der Waals surface area contributed by atoms with Crippen LogP contribution in [0.4, 0.5) is 0 Å². The predicted octanol–water partition coefficient (Wildman–Crippen LogP) is 3.92. The van der Waals surface area contributed by atoms with E-state index in [0.29, 0.717) is 12.0 Å². The lowest BCUT2D eigenvalue weighted by molar-refractivity contribution is 0.349. The van der Waals surface area contributed by atoms with Gasteiger partial charge in [-0.2, -0.15) is 0 Å². The molecule has 0 saturated heterocycles. The van der Waals surface area contributed by atoms with Gasteiger partial charge in [-0.25, -0.2) is 0 Å². The maximum atomic E-state index is 5.56. The average molecular weight is 324 g/mol. The summed E-state index contributed by atoms with van der Waals surface area (Å²) in [4.78, 5) is 5.18. The Morgan fingerprint density at radius 1 is 1.08 bits per heavy atom. The summed E-state index contributed by atoms with van der Waals surface area (Å²) in [5.41, 5.74) is 4.80. The maximum Gasteiger partial charge on any atom is 0.161 e. The van der Waals surface area contributed by atoms with Crippen LogP contribution >= 0.6 is 0 Å². The zero-order chi connectivity index (χ0) is 16.7. The Hall–Kier alpha value is -2.23. The van der Waals surface area contributed by atoms with Crippen LogP contribution in [0.15, 0.2) is 35.5 Å². The van der Waals surface area contributed by atoms with Gasteiger partial charge in [-0.15, -0.1) is 0 Å². The van der Waals surface area contributed by atoms with E-state index >= 15 is 0 Å². The molecule has 1 aliphatic heterocycles. The number of aromatic nitrogens is 1. The summed E-state index contributed by atoms with van der Waals surface area (Å²) >= 11 is 0. The van der Waals surface area contributed by atoms with Crippen molar-refractivity contribution < 1.29 is 9.47 Å². The fourth-order valence-electron chi connectivity index (χ4n) is 4.18. The van der Waals surface area contributed by atoms with Crippen LogP contribution in [0.25, 0.3) is 0 Å². The third kappa shape index (κ3) is 2.32. The van der Waals surface area contributed by atoms with Gasteiger partial charge in [0.15, 0.2) is 11.5 Å². The van der Waals surface area contributed by atoms with Crippen molar-refractivity contribution in [3.05, 3.63) is 47.3 Å². The largest absolute Gasteiger partial charge is 0.493 e. The number of ether oxygens (including phenoxy) is 2. The van der Waals surface area contributed by atoms with E-state index in [4.69, 9.17) is 14.5 Å². The molecule has 0 bridgehead atoms. The van der Waals surface area contributed by atoms with E-state index in [2.05, 4.69) is 42.1 Å². The van der Waals surface area contributed by atoms with Crippen LogP contribution in [0.3, 0.4) is 0 Å². The zero-order valence-electron chi connectivity index (χ0n) is 14.6. The Bertz CT molecular complexity index is 791. The first kappa shape index (κ1) is 15.3. The van der Waals surface area contributed by atoms with Crippen LogP contribution in [-0.4, -0.2) is 30.5 Å². The smallest absolute Gasteiger partial charge is 0.161 e. The fraction of sp³-hybridized carbons (Fsp3) is 0.450. The Morgan fingerprint density at radius 3 is 2.54 bits per heavy atom. The molecule has 126 valence electrons. The summed E-state index contributed by atoms with van der Waals surface area (Å²) < 4.78 is 13.3. The summed E-state index contributed by atoms with van der Waals surface area (Å²) in [6, 6.07) is 8.88. The monoisotopic (exact) mass is 324 g/mol. The van der Waals surface area contributed by atoms with E-state index in [1.165, 1.54) is 36.8 Å². The Kier molecular flexibility index (Phi) is 3.83. The minimum absolute atomic E-state index is 0.384. The number of nitrogens with zero attached hydrogens (tertiary/aromatic N) is 2. The van der Waals surface area contributed by atoms with Crippen LogP contribution in [0, 0.1) is 0 Å². The molecule has 0 radical (unpaired) electrons. The van der Waals surface area contributed by atoms with E-state index in [9.17, 15) is 0 Å². The van der Waals surface area contributed by atoms with Gasteiger partial charge in [0.25, 0.3) is 0 Å². The number of benzene rings is 1. The van der Waals surface area contributed by atoms with Crippen molar-refractivity contribution in [3.8, 4) is 11.5 Å². The summed E-state index contributed by atoms with van der Waals surface area (Å²) in [7, 11) is 5.47. The molecule has 0 amide bonds. The molecule has 1 aromatic carbocycles. The summed E-state index contributed by atoms with van der Waals surface area (Å²) in [6.07, 6.45) is 7.01. The van der Waals surface area contributed by atoms with Crippen molar-refractivity contribution >= 4 is 5.71 Å². The molecule has 2 aliphatic rings. The van der Waals surface area contributed by atoms with Gasteiger partial charge >= 0.3 is 0 Å². The first-order valence-corrected chi connectivity index (χ1v) is 8.68. The van der Waals surface area contributed by atoms with E-state index in [1.807, 2.05) is 0 Å². The number of methoxy groups -OCH3 is 2. The minimum Gasteiger partial charge on any atom is -0.493 e. The molecule has 4 nitrogen and oxygen atoms in total. The lowest BCUT2D eigenvalue weighted by Crippen LogP contribution is -2.30. The van der Waals surface area contributed by atoms with E-state index in [1.54, 1.807) is 14.2 Å². The highest BCUT2D eigenvalue weighted by molar-refractivity contribution is 6.14. The molecule has 2 unspecified atom stereocenters. The molecular formula is C20H24N2O2. The summed E-state index contributed by atoms with van der Waals surface area (Å²) in [5, 5.41) is 0. The van der Waals surface area contributed by atoms with Crippen molar-refractivity contribution in [1.82, 2.24) is 4.57 Å². The Morgan fingerprint density at radius 2 is 1.83 bits per heavy atom. The molecular weight excluding hydrogens is 300 g/mol. The van der Waals surface area contributed by atoms with Crippen LogP contribution in [0.5, 0.6) is 11.5 Å². The molecule has 1 saturated carbocycles. The van der Waals surface area contributed by atoms with Crippen LogP contribution < -0.4 is 9.47 Å². The van der Waals surface area contributed by atoms with Crippen LogP contribution in [0.1, 0.15) is 48.4 Å². The van der Waals surface area contributed by atoms with Gasteiger partial charge < -0.3 is 14.0 Å². The topological polar surface area (TPSA) is 35.8 Å². The molecule has 4 heteroatoms. The lowest BCUT2D eigenvalue weighted by atomic mass is 9.75. The number of aryl methyl sites for hydroxylation is 1. The molecule has 0 spiro atoms. The van der Waals surface area contributed by atoms with Crippen molar-refractivity contribution in [2.45, 2.75) is 37.6 Å². The maximum absolute atomic E-state index is 5.56. The quantitative estimate of drug-likeness (QED) is 0.858.